The number of piperidine rings is 2. The van der Waals surface area contributed by atoms with Crippen LogP contribution in [0.1, 0.15) is 37.7 Å². The highest BCUT2D eigenvalue weighted by atomic mass is 16.5. The van der Waals surface area contributed by atoms with Gasteiger partial charge in [0.1, 0.15) is 5.84 Å². The van der Waals surface area contributed by atoms with Crippen LogP contribution in [0.3, 0.4) is 0 Å². The Bertz CT molecular complexity index is 630. The molecule has 2 saturated heterocycles. The summed E-state index contributed by atoms with van der Waals surface area (Å²) < 4.78 is 4.87. The van der Waals surface area contributed by atoms with Crippen LogP contribution in [0.25, 0.3) is 0 Å². The molecule has 0 aliphatic carbocycles. The number of nitrogens with two attached hydrogens (primary N) is 1. The van der Waals surface area contributed by atoms with E-state index < -0.39 is 0 Å². The zero-order chi connectivity index (χ0) is 19.2. The van der Waals surface area contributed by atoms with Gasteiger partial charge in [0, 0.05) is 24.3 Å². The van der Waals surface area contributed by atoms with Crippen LogP contribution in [0.5, 0.6) is 0 Å². The van der Waals surface area contributed by atoms with Crippen LogP contribution in [0.15, 0.2) is 24.3 Å². The number of carbonyl (C=O) groups is 1. The van der Waals surface area contributed by atoms with Crippen LogP contribution < -0.4 is 10.6 Å². The number of nitrogens with one attached hydrogen (secondary N) is 1. The second kappa shape index (κ2) is 9.22. The Balaban J connectivity index is 1.37. The number of hydrogen-bond donors (Lipinski definition) is 2. The molecule has 0 atom stereocenters. The lowest BCUT2D eigenvalue weighted by molar-refractivity contribution is -0.147. The molecule has 27 heavy (non-hydrogen) atoms. The van der Waals surface area contributed by atoms with E-state index >= 15 is 0 Å². The molecular weight excluding hydrogens is 340 g/mol. The van der Waals surface area contributed by atoms with E-state index in [4.69, 9.17) is 15.9 Å². The first-order valence-electron chi connectivity index (χ1n) is 10.1. The molecule has 2 aliphatic heterocycles. The molecule has 0 radical (unpaired) electrons. The van der Waals surface area contributed by atoms with Crippen molar-refractivity contribution in [2.75, 3.05) is 44.7 Å². The summed E-state index contributed by atoms with van der Waals surface area (Å²) >= 11 is 0. The second-order valence-electron chi connectivity index (χ2n) is 7.82. The lowest BCUT2D eigenvalue weighted by atomic mass is 9.92. The fraction of sp³-hybridized carbons (Fsp3) is 0.619. The molecule has 2 fully saturated rings. The van der Waals surface area contributed by atoms with Crippen molar-refractivity contribution in [3.63, 3.8) is 0 Å². The van der Waals surface area contributed by atoms with Gasteiger partial charge in [0.25, 0.3) is 0 Å². The van der Waals surface area contributed by atoms with Crippen LogP contribution in [-0.2, 0) is 9.53 Å². The number of hydrogen-bond acceptors (Lipinski definition) is 5. The Labute approximate surface area is 162 Å². The predicted octanol–water partition coefficient (Wildman–Crippen LogP) is 2.46. The largest absolute Gasteiger partial charge is 0.469 e. The second-order valence-corrected chi connectivity index (χ2v) is 7.82. The highest BCUT2D eigenvalue weighted by molar-refractivity contribution is 5.95. The van der Waals surface area contributed by atoms with Gasteiger partial charge in [-0.3, -0.25) is 10.2 Å². The van der Waals surface area contributed by atoms with Gasteiger partial charge in [-0.2, -0.15) is 0 Å². The molecule has 0 saturated carbocycles. The van der Waals surface area contributed by atoms with E-state index in [2.05, 4.69) is 21.9 Å². The molecular formula is C21H32N4O2. The molecule has 0 spiro atoms. The first-order chi connectivity index (χ1) is 13.1. The molecule has 0 unspecified atom stereocenters. The van der Waals surface area contributed by atoms with Gasteiger partial charge in [-0.1, -0.05) is 0 Å². The number of rotatable bonds is 6. The van der Waals surface area contributed by atoms with Crippen molar-refractivity contribution in [2.24, 2.45) is 17.6 Å². The van der Waals surface area contributed by atoms with Gasteiger partial charge in [0.15, 0.2) is 0 Å². The lowest BCUT2D eigenvalue weighted by Crippen LogP contribution is -2.39. The monoisotopic (exact) mass is 372 g/mol. The van der Waals surface area contributed by atoms with E-state index in [-0.39, 0.29) is 17.7 Å². The lowest BCUT2D eigenvalue weighted by Gasteiger charge is -2.36. The van der Waals surface area contributed by atoms with Gasteiger partial charge >= 0.3 is 5.97 Å². The minimum Gasteiger partial charge on any atom is -0.469 e. The molecule has 0 amide bonds. The van der Waals surface area contributed by atoms with Crippen molar-refractivity contribution in [3.8, 4) is 0 Å². The Kier molecular flexibility index (Phi) is 6.72. The zero-order valence-corrected chi connectivity index (χ0v) is 16.3. The minimum absolute atomic E-state index is 0.0432. The topological polar surface area (TPSA) is 82.7 Å². The van der Waals surface area contributed by atoms with Crippen molar-refractivity contribution in [2.45, 2.75) is 32.1 Å². The number of methoxy groups -OCH3 is 1. The number of ether oxygens (including phenoxy) is 1. The molecule has 6 heteroatoms. The van der Waals surface area contributed by atoms with E-state index in [1.54, 1.807) is 0 Å². The quantitative estimate of drug-likeness (QED) is 0.455. The number of likely N-dealkylation sites (tertiary alicyclic amines) is 1. The molecule has 1 aromatic carbocycles. The van der Waals surface area contributed by atoms with Gasteiger partial charge in [-0.25, -0.2) is 0 Å². The van der Waals surface area contributed by atoms with E-state index in [1.165, 1.54) is 32.1 Å². The van der Waals surface area contributed by atoms with Crippen LogP contribution in [0, 0.1) is 17.2 Å². The maximum absolute atomic E-state index is 11.6. The number of nitrogen functional groups attached to an aromatic ring is 1. The molecule has 2 aliphatic rings. The van der Waals surface area contributed by atoms with Gasteiger partial charge in [0.2, 0.25) is 0 Å². The van der Waals surface area contributed by atoms with Crippen molar-refractivity contribution in [3.05, 3.63) is 29.8 Å². The summed E-state index contributed by atoms with van der Waals surface area (Å²) in [5, 5.41) is 7.49. The normalized spacial score (nSPS) is 19.8. The average molecular weight is 373 g/mol. The number of carbonyl (C=O) groups excluding carboxylic acids is 1. The summed E-state index contributed by atoms with van der Waals surface area (Å²) in [5.41, 5.74) is 7.53. The van der Waals surface area contributed by atoms with Crippen molar-refractivity contribution < 1.29 is 9.53 Å². The molecule has 0 bridgehead atoms. The highest BCUT2D eigenvalue weighted by Crippen LogP contribution is 2.26. The summed E-state index contributed by atoms with van der Waals surface area (Å²) in [6.07, 6.45) is 5.57. The minimum atomic E-state index is -0.0432. The molecule has 3 N–H and O–H groups in total. The fourth-order valence-corrected chi connectivity index (χ4v) is 4.26. The Morgan fingerprint density at radius 3 is 2.30 bits per heavy atom. The number of amidine groups is 1. The summed E-state index contributed by atoms with van der Waals surface area (Å²) in [7, 11) is 1.48. The average Bonchev–Trinajstić information content (AvgIpc) is 2.72. The highest BCUT2D eigenvalue weighted by Gasteiger charge is 2.26. The van der Waals surface area contributed by atoms with Crippen LogP contribution >= 0.6 is 0 Å². The third kappa shape index (κ3) is 5.22. The molecule has 3 rings (SSSR count). The summed E-state index contributed by atoms with van der Waals surface area (Å²) in [5.74, 6) is 0.967. The summed E-state index contributed by atoms with van der Waals surface area (Å²) in [6, 6.07) is 8.01. The number of anilines is 1. The molecule has 0 aromatic heterocycles. The zero-order valence-electron chi connectivity index (χ0n) is 16.3. The van der Waals surface area contributed by atoms with Crippen LogP contribution in [-0.4, -0.2) is 56.5 Å². The summed E-state index contributed by atoms with van der Waals surface area (Å²) in [6.45, 7) is 5.36. The first-order valence-corrected chi connectivity index (χ1v) is 10.1. The van der Waals surface area contributed by atoms with Gasteiger partial charge in [-0.05, 0) is 81.9 Å². The van der Waals surface area contributed by atoms with Crippen LogP contribution in [0.4, 0.5) is 5.69 Å². The third-order valence-electron chi connectivity index (χ3n) is 6.13. The molecule has 1 aromatic rings. The third-order valence-corrected chi connectivity index (χ3v) is 6.13. The fourth-order valence-electron chi connectivity index (χ4n) is 4.26. The standard InChI is InChI=1S/C21H32N4O2/c1-27-21(26)18-9-12-24(13-10-18)11-6-16-7-14-25(15-8-16)19-4-2-17(3-5-19)20(22)23/h2-5,16,18H,6-15H2,1H3,(H3,22,23). The van der Waals surface area contributed by atoms with Crippen molar-refractivity contribution in [1.29, 1.82) is 5.41 Å². The molecule has 2 heterocycles. The van der Waals surface area contributed by atoms with E-state index in [9.17, 15) is 4.79 Å². The van der Waals surface area contributed by atoms with E-state index in [0.29, 0.717) is 0 Å². The van der Waals surface area contributed by atoms with Gasteiger partial charge in [0.05, 0.1) is 13.0 Å². The SMILES string of the molecule is COC(=O)C1CCN(CCC2CCN(c3ccc(C(=N)N)cc3)CC2)CC1. The summed E-state index contributed by atoms with van der Waals surface area (Å²) in [4.78, 5) is 16.6. The maximum atomic E-state index is 11.6. The number of esters is 1. The number of nitrogens with zero attached hydrogens (tertiary/aromatic N) is 2. The Morgan fingerprint density at radius 2 is 1.74 bits per heavy atom. The predicted molar refractivity (Wildman–Crippen MR) is 108 cm³/mol. The van der Waals surface area contributed by atoms with E-state index in [1.807, 2.05) is 12.1 Å². The molecule has 148 valence electrons. The van der Waals surface area contributed by atoms with E-state index in [0.717, 1.165) is 57.0 Å². The van der Waals surface area contributed by atoms with Gasteiger partial charge < -0.3 is 20.3 Å². The Hall–Kier alpha value is -2.08. The first kappa shape index (κ1) is 19.7. The van der Waals surface area contributed by atoms with Gasteiger partial charge in [-0.15, -0.1) is 0 Å². The van der Waals surface area contributed by atoms with Crippen LogP contribution in [0.2, 0.25) is 0 Å². The molecule has 6 nitrogen and oxygen atoms in total. The van der Waals surface area contributed by atoms with Crippen molar-refractivity contribution >= 4 is 17.5 Å². The Morgan fingerprint density at radius 1 is 1.11 bits per heavy atom. The smallest absolute Gasteiger partial charge is 0.308 e. The maximum Gasteiger partial charge on any atom is 0.308 e. The van der Waals surface area contributed by atoms with Crippen molar-refractivity contribution in [1.82, 2.24) is 4.90 Å². The number of benzene rings is 1.